The molecule has 0 heterocycles. The Labute approximate surface area is 64.6 Å². The van der Waals surface area contributed by atoms with E-state index < -0.39 is 0 Å². The molecule has 0 aliphatic carbocycles. The van der Waals surface area contributed by atoms with Crippen molar-refractivity contribution in [3.8, 4) is 0 Å². The maximum Gasteiger partial charge on any atom is -0.0282 e. The molecule has 0 rings (SSSR count). The van der Waals surface area contributed by atoms with Gasteiger partial charge in [0.25, 0.3) is 0 Å². The molecule has 0 amide bonds. The first-order valence-electron chi connectivity index (χ1n) is 3.71. The standard InChI is InChI=1S/C10H17/c1-8(2)6-10(5)7-9(3)4/h6-7,9H,1H2,2-5H3. The summed E-state index contributed by atoms with van der Waals surface area (Å²) in [7, 11) is 0. The lowest BCUT2D eigenvalue weighted by atomic mass is 10.1. The van der Waals surface area contributed by atoms with E-state index in [0.717, 1.165) is 5.57 Å². The van der Waals surface area contributed by atoms with E-state index >= 15 is 0 Å². The molecule has 57 valence electrons. The van der Waals surface area contributed by atoms with Crippen molar-refractivity contribution >= 4 is 0 Å². The molecule has 1 radical (unpaired) electrons. The third kappa shape index (κ3) is 5.61. The second-order valence-electron chi connectivity index (χ2n) is 3.15. The molecule has 0 saturated carbocycles. The van der Waals surface area contributed by atoms with Crippen LogP contribution in [0.4, 0.5) is 0 Å². The molecule has 0 atom stereocenters. The van der Waals surface area contributed by atoms with Gasteiger partial charge in [-0.1, -0.05) is 37.1 Å². The molecule has 0 unspecified atom stereocenters. The fraction of sp³-hybridized carbons (Fsp3) is 0.500. The molecule has 0 aliphatic rings. The molecule has 0 aromatic rings. The van der Waals surface area contributed by atoms with Gasteiger partial charge in [0.15, 0.2) is 0 Å². The Morgan fingerprint density at radius 3 is 2.10 bits per heavy atom. The molecule has 0 fully saturated rings. The van der Waals surface area contributed by atoms with Crippen molar-refractivity contribution in [2.24, 2.45) is 5.92 Å². The number of rotatable bonds is 2. The highest BCUT2D eigenvalue weighted by molar-refractivity contribution is 5.22. The topological polar surface area (TPSA) is 0 Å². The monoisotopic (exact) mass is 137 g/mol. The average Bonchev–Trinajstić information content (AvgIpc) is 1.58. The summed E-state index contributed by atoms with van der Waals surface area (Å²) >= 11 is 0. The Morgan fingerprint density at radius 2 is 1.80 bits per heavy atom. The van der Waals surface area contributed by atoms with Crippen LogP contribution >= 0.6 is 0 Å². The summed E-state index contributed by atoms with van der Waals surface area (Å²) in [6.45, 7) is 12.3. The third-order valence-corrected chi connectivity index (χ3v) is 1.07. The number of allylic oxidation sites excluding steroid dienone is 4. The van der Waals surface area contributed by atoms with Crippen LogP contribution in [0.15, 0.2) is 23.3 Å². The minimum absolute atomic E-state index is 0.635. The lowest BCUT2D eigenvalue weighted by molar-refractivity contribution is 0.825. The van der Waals surface area contributed by atoms with Crippen LogP contribution in [0, 0.1) is 12.8 Å². The minimum atomic E-state index is 0.635. The zero-order valence-electron chi connectivity index (χ0n) is 7.44. The third-order valence-electron chi connectivity index (χ3n) is 1.07. The Kier molecular flexibility index (Phi) is 4.10. The SMILES string of the molecule is [CH2]C(C)=CC(C)=CC(C)C. The van der Waals surface area contributed by atoms with Gasteiger partial charge < -0.3 is 0 Å². The van der Waals surface area contributed by atoms with Gasteiger partial charge in [-0.15, -0.1) is 0 Å². The van der Waals surface area contributed by atoms with E-state index in [1.54, 1.807) is 0 Å². The quantitative estimate of drug-likeness (QED) is 0.512. The van der Waals surface area contributed by atoms with Crippen molar-refractivity contribution in [2.75, 3.05) is 0 Å². The number of hydrogen-bond donors (Lipinski definition) is 0. The van der Waals surface area contributed by atoms with Gasteiger partial charge >= 0.3 is 0 Å². The van der Waals surface area contributed by atoms with Gasteiger partial charge in [0.2, 0.25) is 0 Å². The Bertz CT molecular complexity index is 143. The molecule has 0 spiro atoms. The van der Waals surface area contributed by atoms with Crippen LogP contribution in [0.5, 0.6) is 0 Å². The molecular weight excluding hydrogens is 120 g/mol. The smallest absolute Gasteiger partial charge is 0.0282 e. The Balaban J connectivity index is 4.08. The van der Waals surface area contributed by atoms with Crippen LogP contribution in [0.2, 0.25) is 0 Å². The van der Waals surface area contributed by atoms with Crippen molar-refractivity contribution in [2.45, 2.75) is 27.7 Å². The minimum Gasteiger partial charge on any atom is -0.0790 e. The van der Waals surface area contributed by atoms with Crippen molar-refractivity contribution in [3.05, 3.63) is 30.2 Å². The molecular formula is C10H17. The molecule has 0 aromatic heterocycles. The van der Waals surface area contributed by atoms with E-state index in [0.29, 0.717) is 5.92 Å². The van der Waals surface area contributed by atoms with Gasteiger partial charge in [-0.2, -0.15) is 0 Å². The van der Waals surface area contributed by atoms with Gasteiger partial charge in [-0.25, -0.2) is 0 Å². The maximum absolute atomic E-state index is 3.81. The van der Waals surface area contributed by atoms with Gasteiger partial charge in [-0.05, 0) is 26.7 Å². The van der Waals surface area contributed by atoms with Gasteiger partial charge in [0, 0.05) is 0 Å². The summed E-state index contributed by atoms with van der Waals surface area (Å²) in [6, 6.07) is 0. The van der Waals surface area contributed by atoms with Crippen molar-refractivity contribution in [1.82, 2.24) is 0 Å². The van der Waals surface area contributed by atoms with Crippen LogP contribution in [-0.2, 0) is 0 Å². The maximum atomic E-state index is 3.81. The Hall–Kier alpha value is -0.520. The molecule has 0 aliphatic heterocycles. The van der Waals surface area contributed by atoms with Crippen LogP contribution in [0.3, 0.4) is 0 Å². The van der Waals surface area contributed by atoms with E-state index in [9.17, 15) is 0 Å². The Morgan fingerprint density at radius 1 is 1.30 bits per heavy atom. The largest absolute Gasteiger partial charge is 0.0790 e. The van der Waals surface area contributed by atoms with Gasteiger partial charge in [0.05, 0.1) is 0 Å². The van der Waals surface area contributed by atoms with E-state index in [1.807, 2.05) is 6.92 Å². The normalized spacial score (nSPS) is 14.6. The van der Waals surface area contributed by atoms with E-state index in [1.165, 1.54) is 5.57 Å². The molecule has 0 saturated heterocycles. The van der Waals surface area contributed by atoms with Crippen LogP contribution < -0.4 is 0 Å². The molecule has 10 heavy (non-hydrogen) atoms. The summed E-state index contributed by atoms with van der Waals surface area (Å²) in [4.78, 5) is 0. The fourth-order valence-corrected chi connectivity index (χ4v) is 0.963. The first-order chi connectivity index (χ1) is 4.52. The van der Waals surface area contributed by atoms with Crippen molar-refractivity contribution in [1.29, 1.82) is 0 Å². The van der Waals surface area contributed by atoms with Crippen LogP contribution in [0.1, 0.15) is 27.7 Å². The van der Waals surface area contributed by atoms with Crippen molar-refractivity contribution in [3.63, 3.8) is 0 Å². The van der Waals surface area contributed by atoms with E-state index in [4.69, 9.17) is 0 Å². The summed E-state index contributed by atoms with van der Waals surface area (Å²) in [5, 5.41) is 0. The second kappa shape index (κ2) is 4.32. The second-order valence-corrected chi connectivity index (χ2v) is 3.15. The highest BCUT2D eigenvalue weighted by atomic mass is 13.9. The number of hydrogen-bond acceptors (Lipinski definition) is 0. The van der Waals surface area contributed by atoms with Gasteiger partial charge in [0.1, 0.15) is 0 Å². The summed E-state index contributed by atoms with van der Waals surface area (Å²) in [5.41, 5.74) is 2.43. The molecule has 0 N–H and O–H groups in total. The first-order valence-corrected chi connectivity index (χ1v) is 3.71. The highest BCUT2D eigenvalue weighted by Gasteiger charge is 1.87. The molecule has 0 bridgehead atoms. The molecule has 0 nitrogen and oxygen atoms in total. The lowest BCUT2D eigenvalue weighted by Crippen LogP contribution is -1.80. The first kappa shape index (κ1) is 9.48. The zero-order chi connectivity index (χ0) is 8.15. The summed E-state index contributed by atoms with van der Waals surface area (Å²) < 4.78 is 0. The zero-order valence-corrected chi connectivity index (χ0v) is 7.44. The van der Waals surface area contributed by atoms with Crippen LogP contribution in [-0.4, -0.2) is 0 Å². The fourth-order valence-electron chi connectivity index (χ4n) is 0.963. The average molecular weight is 137 g/mol. The predicted octanol–water partition coefficient (Wildman–Crippen LogP) is 3.37. The molecule has 0 heteroatoms. The summed E-state index contributed by atoms with van der Waals surface area (Å²) in [5.74, 6) is 0.635. The van der Waals surface area contributed by atoms with E-state index in [2.05, 4.69) is 39.8 Å². The summed E-state index contributed by atoms with van der Waals surface area (Å²) in [6.07, 6.45) is 4.33. The van der Waals surface area contributed by atoms with Gasteiger partial charge in [-0.3, -0.25) is 0 Å². The van der Waals surface area contributed by atoms with Crippen LogP contribution in [0.25, 0.3) is 0 Å². The highest BCUT2D eigenvalue weighted by Crippen LogP contribution is 2.04. The molecule has 0 aromatic carbocycles. The predicted molar refractivity (Wildman–Crippen MR) is 47.7 cm³/mol. The van der Waals surface area contributed by atoms with E-state index in [-0.39, 0.29) is 0 Å². The van der Waals surface area contributed by atoms with Crippen molar-refractivity contribution < 1.29 is 0 Å². The lowest BCUT2D eigenvalue weighted by Gasteiger charge is -1.97.